The normalized spacial score (nSPS) is 15.7. The number of nitrogens with zero attached hydrogens (tertiary/aromatic N) is 2. The van der Waals surface area contributed by atoms with E-state index in [0.717, 1.165) is 17.8 Å². The van der Waals surface area contributed by atoms with Crippen molar-refractivity contribution in [2.75, 3.05) is 6.61 Å². The Kier molecular flexibility index (Phi) is 1.43. The number of fused-ring (bicyclic) bond motifs is 1. The number of carbonyl (C=O) groups excluding carboxylic acids is 1. The van der Waals surface area contributed by atoms with E-state index in [0.29, 0.717) is 12.2 Å². The zero-order valence-corrected chi connectivity index (χ0v) is 7.13. The largest absolute Gasteiger partial charge is 0.462 e. The molecule has 0 amide bonds. The van der Waals surface area contributed by atoms with Crippen LogP contribution in [0.15, 0.2) is 0 Å². The minimum absolute atomic E-state index is 0.234. The van der Waals surface area contributed by atoms with Gasteiger partial charge in [0.2, 0.25) is 0 Å². The summed E-state index contributed by atoms with van der Waals surface area (Å²) >= 11 is 0. The Balaban J connectivity index is 2.62. The number of hydrogen-bond donors (Lipinski definition) is 0. The zero-order valence-electron chi connectivity index (χ0n) is 7.13. The van der Waals surface area contributed by atoms with Crippen molar-refractivity contribution in [3.63, 3.8) is 0 Å². The lowest BCUT2D eigenvalue weighted by Gasteiger charge is -2.12. The van der Waals surface area contributed by atoms with Crippen LogP contribution >= 0.6 is 0 Å². The fourth-order valence-electron chi connectivity index (χ4n) is 1.57. The SMILES string of the molecule is Cc1nn(C)c2c1C(=O)OCC2. The van der Waals surface area contributed by atoms with Crippen LogP contribution in [0.3, 0.4) is 0 Å². The quantitative estimate of drug-likeness (QED) is 0.525. The van der Waals surface area contributed by atoms with E-state index >= 15 is 0 Å². The molecule has 0 unspecified atom stereocenters. The van der Waals surface area contributed by atoms with Crippen LogP contribution < -0.4 is 0 Å². The average Bonchev–Trinajstić information content (AvgIpc) is 2.29. The molecule has 0 spiro atoms. The Hall–Kier alpha value is -1.32. The first-order valence-electron chi connectivity index (χ1n) is 3.89. The van der Waals surface area contributed by atoms with E-state index in [4.69, 9.17) is 4.74 Å². The summed E-state index contributed by atoms with van der Waals surface area (Å²) in [4.78, 5) is 11.2. The highest BCUT2D eigenvalue weighted by molar-refractivity contribution is 5.92. The number of esters is 1. The van der Waals surface area contributed by atoms with Crippen LogP contribution in [0.1, 0.15) is 21.7 Å². The van der Waals surface area contributed by atoms with Gasteiger partial charge < -0.3 is 4.74 Å². The van der Waals surface area contributed by atoms with Crippen LogP contribution in [0.4, 0.5) is 0 Å². The van der Waals surface area contributed by atoms with Crippen molar-refractivity contribution in [3.8, 4) is 0 Å². The molecule has 4 heteroatoms. The van der Waals surface area contributed by atoms with Crippen molar-refractivity contribution in [2.45, 2.75) is 13.3 Å². The van der Waals surface area contributed by atoms with Gasteiger partial charge in [0.15, 0.2) is 0 Å². The van der Waals surface area contributed by atoms with Gasteiger partial charge in [-0.15, -0.1) is 0 Å². The van der Waals surface area contributed by atoms with Gasteiger partial charge in [0.1, 0.15) is 5.56 Å². The van der Waals surface area contributed by atoms with Crippen LogP contribution in [0.25, 0.3) is 0 Å². The zero-order chi connectivity index (χ0) is 8.72. The highest BCUT2D eigenvalue weighted by Crippen LogP contribution is 2.18. The second-order valence-corrected chi connectivity index (χ2v) is 2.92. The molecule has 12 heavy (non-hydrogen) atoms. The molecule has 0 atom stereocenters. The van der Waals surface area contributed by atoms with Crippen molar-refractivity contribution < 1.29 is 9.53 Å². The summed E-state index contributed by atoms with van der Waals surface area (Å²) in [6.45, 7) is 2.30. The highest BCUT2D eigenvalue weighted by Gasteiger charge is 2.24. The average molecular weight is 166 g/mol. The summed E-state index contributed by atoms with van der Waals surface area (Å²) in [5.74, 6) is -0.234. The molecule has 1 aromatic heterocycles. The predicted molar refractivity (Wildman–Crippen MR) is 41.9 cm³/mol. The van der Waals surface area contributed by atoms with E-state index in [9.17, 15) is 4.79 Å². The molecule has 0 saturated heterocycles. The Morgan fingerprint density at radius 2 is 2.33 bits per heavy atom. The highest BCUT2D eigenvalue weighted by atomic mass is 16.5. The molecule has 1 aliphatic rings. The van der Waals surface area contributed by atoms with Crippen molar-refractivity contribution >= 4 is 5.97 Å². The van der Waals surface area contributed by atoms with Crippen LogP contribution in [-0.4, -0.2) is 22.4 Å². The van der Waals surface area contributed by atoms with Crippen molar-refractivity contribution in [3.05, 3.63) is 17.0 Å². The first-order valence-corrected chi connectivity index (χ1v) is 3.89. The van der Waals surface area contributed by atoms with E-state index in [1.807, 2.05) is 14.0 Å². The molecule has 1 aliphatic heterocycles. The number of cyclic esters (lactones) is 1. The second-order valence-electron chi connectivity index (χ2n) is 2.92. The molecular formula is C8H10N2O2. The van der Waals surface area contributed by atoms with Gasteiger partial charge in [0.05, 0.1) is 18.0 Å². The third-order valence-corrected chi connectivity index (χ3v) is 2.12. The number of hydrogen-bond acceptors (Lipinski definition) is 3. The Labute approximate surface area is 70.1 Å². The molecule has 64 valence electrons. The standard InChI is InChI=1S/C8H10N2O2/c1-5-7-6(10(2)9-5)3-4-12-8(7)11/h3-4H2,1-2H3. The molecule has 0 saturated carbocycles. The van der Waals surface area contributed by atoms with Gasteiger partial charge in [-0.25, -0.2) is 4.79 Å². The predicted octanol–water partition coefficient (Wildman–Crippen LogP) is 0.441. The van der Waals surface area contributed by atoms with Crippen molar-refractivity contribution in [1.82, 2.24) is 9.78 Å². The fourth-order valence-corrected chi connectivity index (χ4v) is 1.57. The lowest BCUT2D eigenvalue weighted by Crippen LogP contribution is -2.18. The van der Waals surface area contributed by atoms with Gasteiger partial charge in [-0.05, 0) is 6.92 Å². The van der Waals surface area contributed by atoms with Crippen molar-refractivity contribution in [1.29, 1.82) is 0 Å². The minimum Gasteiger partial charge on any atom is -0.462 e. The molecule has 2 rings (SSSR count). The smallest absolute Gasteiger partial charge is 0.341 e. The molecule has 0 radical (unpaired) electrons. The van der Waals surface area contributed by atoms with Gasteiger partial charge >= 0.3 is 5.97 Å². The third kappa shape index (κ3) is 0.841. The summed E-state index contributed by atoms with van der Waals surface area (Å²) < 4.78 is 6.66. The summed E-state index contributed by atoms with van der Waals surface area (Å²) in [5, 5.41) is 4.16. The number of aromatic nitrogens is 2. The summed E-state index contributed by atoms with van der Waals surface area (Å²) in [6.07, 6.45) is 0.776. The van der Waals surface area contributed by atoms with E-state index < -0.39 is 0 Å². The maximum Gasteiger partial charge on any atom is 0.341 e. The first-order chi connectivity index (χ1) is 5.70. The number of aryl methyl sites for hydroxylation is 2. The third-order valence-electron chi connectivity index (χ3n) is 2.12. The van der Waals surface area contributed by atoms with Crippen LogP contribution in [-0.2, 0) is 18.2 Å². The van der Waals surface area contributed by atoms with E-state index in [2.05, 4.69) is 5.10 Å². The van der Waals surface area contributed by atoms with Gasteiger partial charge in [-0.2, -0.15) is 5.10 Å². The van der Waals surface area contributed by atoms with E-state index in [1.165, 1.54) is 0 Å². The summed E-state index contributed by atoms with van der Waals surface area (Å²) in [6, 6.07) is 0. The fraction of sp³-hybridized carbons (Fsp3) is 0.500. The van der Waals surface area contributed by atoms with E-state index in [1.54, 1.807) is 4.68 Å². The van der Waals surface area contributed by atoms with Crippen LogP contribution in [0, 0.1) is 6.92 Å². The molecular weight excluding hydrogens is 156 g/mol. The molecule has 0 bridgehead atoms. The summed E-state index contributed by atoms with van der Waals surface area (Å²) in [5.41, 5.74) is 2.41. The second kappa shape index (κ2) is 2.33. The summed E-state index contributed by atoms with van der Waals surface area (Å²) in [7, 11) is 1.85. The van der Waals surface area contributed by atoms with E-state index in [-0.39, 0.29) is 5.97 Å². The number of ether oxygens (including phenoxy) is 1. The van der Waals surface area contributed by atoms with Gasteiger partial charge in [0.25, 0.3) is 0 Å². The van der Waals surface area contributed by atoms with Crippen LogP contribution in [0.2, 0.25) is 0 Å². The maximum atomic E-state index is 11.2. The lowest BCUT2D eigenvalue weighted by atomic mass is 10.1. The molecule has 1 aromatic rings. The number of carbonyl (C=O) groups is 1. The molecule has 0 aliphatic carbocycles. The van der Waals surface area contributed by atoms with Gasteiger partial charge in [-0.1, -0.05) is 0 Å². The molecule has 2 heterocycles. The lowest BCUT2D eigenvalue weighted by molar-refractivity contribution is 0.0476. The molecule has 0 fully saturated rings. The van der Waals surface area contributed by atoms with Gasteiger partial charge in [0, 0.05) is 13.5 Å². The topological polar surface area (TPSA) is 44.1 Å². The van der Waals surface area contributed by atoms with Gasteiger partial charge in [-0.3, -0.25) is 4.68 Å². The minimum atomic E-state index is -0.234. The number of rotatable bonds is 0. The Morgan fingerprint density at radius 3 is 3.00 bits per heavy atom. The van der Waals surface area contributed by atoms with Crippen LogP contribution in [0.5, 0.6) is 0 Å². The monoisotopic (exact) mass is 166 g/mol. The Bertz CT molecular complexity index is 341. The molecule has 4 nitrogen and oxygen atoms in total. The van der Waals surface area contributed by atoms with Crippen molar-refractivity contribution in [2.24, 2.45) is 7.05 Å². The molecule has 0 aromatic carbocycles. The first kappa shape index (κ1) is 7.34. The maximum absolute atomic E-state index is 11.2. The Morgan fingerprint density at radius 1 is 1.58 bits per heavy atom. The molecule has 0 N–H and O–H groups in total.